The lowest BCUT2D eigenvalue weighted by Gasteiger charge is -2.18. The molecule has 1 rings (SSSR count). The van der Waals surface area contributed by atoms with Gasteiger partial charge in [0.1, 0.15) is 17.1 Å². The third kappa shape index (κ3) is 3.27. The fourth-order valence-electron chi connectivity index (χ4n) is 1.23. The zero-order valence-electron chi connectivity index (χ0n) is 10.7. The number of ether oxygens (including phenoxy) is 2. The van der Waals surface area contributed by atoms with E-state index < -0.39 is 11.5 Å². The molecule has 1 aromatic carbocycles. The highest BCUT2D eigenvalue weighted by atomic mass is 35.5. The van der Waals surface area contributed by atoms with Gasteiger partial charge in [-0.3, -0.25) is 4.79 Å². The second-order valence-corrected chi connectivity index (χ2v) is 4.61. The number of aliphatic hydroxyl groups is 1. The van der Waals surface area contributed by atoms with Crippen molar-refractivity contribution in [2.24, 2.45) is 0 Å². The van der Waals surface area contributed by atoms with Crippen LogP contribution in [-0.4, -0.2) is 30.8 Å². The summed E-state index contributed by atoms with van der Waals surface area (Å²) in [6.45, 7) is 2.78. The van der Waals surface area contributed by atoms with Crippen molar-refractivity contribution in [1.82, 2.24) is 0 Å². The van der Waals surface area contributed by atoms with Gasteiger partial charge in [0.15, 0.2) is 0 Å². The molecule has 0 aliphatic carbocycles. The van der Waals surface area contributed by atoms with Crippen molar-refractivity contribution in [3.8, 4) is 11.5 Å². The molecule has 0 spiro atoms. The number of carbonyl (C=O) groups is 1. The maximum atomic E-state index is 11.7. The molecule has 6 heteroatoms. The minimum absolute atomic E-state index is 0.371. The van der Waals surface area contributed by atoms with Gasteiger partial charge in [0, 0.05) is 12.1 Å². The van der Waals surface area contributed by atoms with E-state index in [0.29, 0.717) is 22.2 Å². The Morgan fingerprint density at radius 2 is 1.83 bits per heavy atom. The van der Waals surface area contributed by atoms with Crippen molar-refractivity contribution in [1.29, 1.82) is 0 Å². The van der Waals surface area contributed by atoms with Gasteiger partial charge < -0.3 is 19.9 Å². The number of carbonyl (C=O) groups excluding carboxylic acids is 1. The summed E-state index contributed by atoms with van der Waals surface area (Å²) in [6.07, 6.45) is 0. The van der Waals surface area contributed by atoms with Crippen molar-refractivity contribution >= 4 is 23.2 Å². The van der Waals surface area contributed by atoms with Gasteiger partial charge in [0.05, 0.1) is 24.9 Å². The number of amides is 1. The molecule has 0 radical (unpaired) electrons. The first kappa shape index (κ1) is 14.6. The molecule has 0 bridgehead atoms. The van der Waals surface area contributed by atoms with E-state index >= 15 is 0 Å². The van der Waals surface area contributed by atoms with Gasteiger partial charge in [-0.2, -0.15) is 0 Å². The summed E-state index contributed by atoms with van der Waals surface area (Å²) < 4.78 is 10.2. The summed E-state index contributed by atoms with van der Waals surface area (Å²) in [7, 11) is 2.92. The van der Waals surface area contributed by atoms with Crippen LogP contribution in [0.3, 0.4) is 0 Å². The van der Waals surface area contributed by atoms with Gasteiger partial charge in [0.25, 0.3) is 5.91 Å². The van der Waals surface area contributed by atoms with Crippen LogP contribution >= 0.6 is 11.6 Å². The quantitative estimate of drug-likeness (QED) is 0.881. The van der Waals surface area contributed by atoms with Gasteiger partial charge in [-0.25, -0.2) is 0 Å². The molecule has 0 aliphatic heterocycles. The minimum atomic E-state index is -1.49. The van der Waals surface area contributed by atoms with Crippen LogP contribution < -0.4 is 14.8 Å². The van der Waals surface area contributed by atoms with Crippen LogP contribution in [0.1, 0.15) is 13.8 Å². The third-order valence-electron chi connectivity index (χ3n) is 2.28. The Balaban J connectivity index is 3.11. The second-order valence-electron chi connectivity index (χ2n) is 4.20. The molecule has 5 nitrogen and oxygen atoms in total. The molecule has 1 amide bonds. The van der Waals surface area contributed by atoms with Crippen LogP contribution in [0, 0.1) is 0 Å². The summed E-state index contributed by atoms with van der Waals surface area (Å²) in [4.78, 5) is 11.7. The molecule has 0 atom stereocenters. The van der Waals surface area contributed by atoms with Crippen molar-refractivity contribution in [2.75, 3.05) is 19.5 Å². The van der Waals surface area contributed by atoms with Gasteiger partial charge in [0.2, 0.25) is 0 Å². The highest BCUT2D eigenvalue weighted by molar-refractivity contribution is 6.32. The van der Waals surface area contributed by atoms with Crippen LogP contribution in [0.15, 0.2) is 12.1 Å². The highest BCUT2D eigenvalue weighted by Crippen LogP contribution is 2.36. The van der Waals surface area contributed by atoms with E-state index in [1.54, 1.807) is 0 Å². The third-order valence-corrected chi connectivity index (χ3v) is 2.57. The van der Waals surface area contributed by atoms with Crippen LogP contribution in [-0.2, 0) is 4.79 Å². The number of hydrogen-bond donors (Lipinski definition) is 2. The Bertz CT molecular complexity index is 454. The molecule has 0 saturated carbocycles. The summed E-state index contributed by atoms with van der Waals surface area (Å²) in [5.41, 5.74) is -1.11. The topological polar surface area (TPSA) is 67.8 Å². The fourth-order valence-corrected chi connectivity index (χ4v) is 1.46. The van der Waals surface area contributed by atoms with Crippen molar-refractivity contribution < 1.29 is 19.4 Å². The number of rotatable bonds is 4. The summed E-state index contributed by atoms with van der Waals surface area (Å²) in [5, 5.41) is 12.5. The molecule has 0 saturated heterocycles. The monoisotopic (exact) mass is 273 g/mol. The van der Waals surface area contributed by atoms with Crippen LogP contribution in [0.5, 0.6) is 11.5 Å². The first-order valence-electron chi connectivity index (χ1n) is 5.25. The lowest BCUT2D eigenvalue weighted by Crippen LogP contribution is -2.36. The Kier molecular flexibility index (Phi) is 4.43. The van der Waals surface area contributed by atoms with E-state index in [4.69, 9.17) is 21.1 Å². The zero-order valence-corrected chi connectivity index (χ0v) is 11.5. The summed E-state index contributed by atoms with van der Waals surface area (Å²) in [6, 6.07) is 3.06. The average molecular weight is 274 g/mol. The number of nitrogens with one attached hydrogen (secondary N) is 1. The van der Waals surface area contributed by atoms with Gasteiger partial charge in [-0.05, 0) is 13.8 Å². The van der Waals surface area contributed by atoms with Gasteiger partial charge in [-0.1, -0.05) is 11.6 Å². The van der Waals surface area contributed by atoms with Crippen molar-refractivity contribution in [2.45, 2.75) is 19.4 Å². The number of anilines is 1. The highest BCUT2D eigenvalue weighted by Gasteiger charge is 2.25. The second kappa shape index (κ2) is 5.46. The van der Waals surface area contributed by atoms with E-state index in [0.717, 1.165) is 0 Å². The van der Waals surface area contributed by atoms with E-state index in [-0.39, 0.29) is 0 Å². The van der Waals surface area contributed by atoms with Crippen molar-refractivity contribution in [3.63, 3.8) is 0 Å². The van der Waals surface area contributed by atoms with Crippen molar-refractivity contribution in [3.05, 3.63) is 17.2 Å². The molecule has 2 N–H and O–H groups in total. The Labute approximate surface area is 111 Å². The van der Waals surface area contributed by atoms with Crippen LogP contribution in [0.2, 0.25) is 5.02 Å². The molecular formula is C12H16ClNO4. The largest absolute Gasteiger partial charge is 0.495 e. The van der Waals surface area contributed by atoms with E-state index in [1.165, 1.54) is 40.2 Å². The predicted octanol–water partition coefficient (Wildman–Crippen LogP) is 2.07. The minimum Gasteiger partial charge on any atom is -0.495 e. The first-order valence-corrected chi connectivity index (χ1v) is 5.62. The molecule has 1 aromatic rings. The lowest BCUT2D eigenvalue weighted by atomic mass is 10.1. The molecule has 100 valence electrons. The van der Waals surface area contributed by atoms with E-state index in [9.17, 15) is 9.90 Å². The first-order chi connectivity index (χ1) is 8.29. The van der Waals surface area contributed by atoms with Gasteiger partial charge in [-0.15, -0.1) is 0 Å². The summed E-state index contributed by atoms with van der Waals surface area (Å²) >= 11 is 5.94. The molecule has 0 aliphatic rings. The van der Waals surface area contributed by atoms with Gasteiger partial charge >= 0.3 is 0 Å². The molecular weight excluding hydrogens is 258 g/mol. The fraction of sp³-hybridized carbons (Fsp3) is 0.417. The standard InChI is InChI=1S/C12H16ClNO4/c1-12(2,16)11(15)14-8-6-9(17-3)7(13)5-10(8)18-4/h5-6,16H,1-4H3,(H,14,15). The Hall–Kier alpha value is -1.46. The smallest absolute Gasteiger partial charge is 0.255 e. The summed E-state index contributed by atoms with van der Waals surface area (Å²) in [5.74, 6) is 0.243. The molecule has 0 unspecified atom stereocenters. The average Bonchev–Trinajstić information content (AvgIpc) is 2.29. The maximum absolute atomic E-state index is 11.7. The Morgan fingerprint density at radius 1 is 1.28 bits per heavy atom. The van der Waals surface area contributed by atoms with E-state index in [2.05, 4.69) is 5.32 Å². The molecule has 0 heterocycles. The molecule has 0 fully saturated rings. The number of hydrogen-bond acceptors (Lipinski definition) is 4. The lowest BCUT2D eigenvalue weighted by molar-refractivity contribution is -0.130. The maximum Gasteiger partial charge on any atom is 0.255 e. The number of methoxy groups -OCH3 is 2. The number of benzene rings is 1. The van der Waals surface area contributed by atoms with E-state index in [1.807, 2.05) is 0 Å². The Morgan fingerprint density at radius 3 is 2.28 bits per heavy atom. The molecule has 18 heavy (non-hydrogen) atoms. The zero-order chi connectivity index (χ0) is 13.9. The van der Waals surface area contributed by atoms with Crippen LogP contribution in [0.4, 0.5) is 5.69 Å². The molecule has 0 aromatic heterocycles. The predicted molar refractivity (Wildman–Crippen MR) is 69.5 cm³/mol. The SMILES string of the molecule is COc1cc(NC(=O)C(C)(C)O)c(OC)cc1Cl. The normalized spacial score (nSPS) is 11.0. The van der Waals surface area contributed by atoms with Crippen LogP contribution in [0.25, 0.3) is 0 Å². The number of halogens is 1.